The molecule has 1 aliphatic rings. The van der Waals surface area contributed by atoms with Gasteiger partial charge in [0.15, 0.2) is 17.1 Å². The van der Waals surface area contributed by atoms with E-state index in [1.165, 1.54) is 12.8 Å². The van der Waals surface area contributed by atoms with Gasteiger partial charge < -0.3 is 9.73 Å². The van der Waals surface area contributed by atoms with Crippen LogP contribution in [-0.4, -0.2) is 18.4 Å². The number of benzene rings is 1. The summed E-state index contributed by atoms with van der Waals surface area (Å²) in [5.41, 5.74) is 0.595. The van der Waals surface area contributed by atoms with Crippen LogP contribution in [0.1, 0.15) is 29.8 Å². The molecule has 1 heterocycles. The number of halogens is 1. The van der Waals surface area contributed by atoms with E-state index >= 15 is 0 Å². The normalized spacial score (nSPS) is 15.2. The van der Waals surface area contributed by atoms with Gasteiger partial charge in [0.1, 0.15) is 0 Å². The lowest BCUT2D eigenvalue weighted by molar-refractivity contribution is 0.0958. The van der Waals surface area contributed by atoms with Gasteiger partial charge in [-0.2, -0.15) is 0 Å². The van der Waals surface area contributed by atoms with Crippen molar-refractivity contribution in [2.75, 3.05) is 6.54 Å². The van der Waals surface area contributed by atoms with Crippen molar-refractivity contribution in [3.8, 4) is 0 Å². The molecule has 1 N–H and O–H groups in total. The highest BCUT2D eigenvalue weighted by atomic mass is 35.5. The van der Waals surface area contributed by atoms with E-state index in [0.29, 0.717) is 35.4 Å². The SMILES string of the molecule is O=C(CCNC1CC1)c1cc2cccc(Cl)c2o1. The Morgan fingerprint density at radius 2 is 2.28 bits per heavy atom. The molecule has 0 radical (unpaired) electrons. The first-order valence-electron chi connectivity index (χ1n) is 6.19. The van der Waals surface area contributed by atoms with E-state index in [4.69, 9.17) is 16.0 Å². The molecule has 0 saturated heterocycles. The molecule has 1 aliphatic carbocycles. The molecule has 18 heavy (non-hydrogen) atoms. The zero-order valence-corrected chi connectivity index (χ0v) is 10.7. The summed E-state index contributed by atoms with van der Waals surface area (Å²) in [4.78, 5) is 12.0. The summed E-state index contributed by atoms with van der Waals surface area (Å²) in [5.74, 6) is 0.422. The third-order valence-electron chi connectivity index (χ3n) is 3.13. The van der Waals surface area contributed by atoms with E-state index in [1.54, 1.807) is 12.1 Å². The number of rotatable bonds is 5. The topological polar surface area (TPSA) is 42.2 Å². The second-order valence-corrected chi connectivity index (χ2v) is 5.08. The van der Waals surface area contributed by atoms with Crippen LogP contribution in [-0.2, 0) is 0 Å². The molecule has 0 aliphatic heterocycles. The molecule has 0 amide bonds. The van der Waals surface area contributed by atoms with E-state index in [1.807, 2.05) is 12.1 Å². The minimum absolute atomic E-state index is 0.0235. The standard InChI is InChI=1S/C14H14ClNO2/c15-11-3-1-2-9-8-13(18-14(9)11)12(17)6-7-16-10-4-5-10/h1-3,8,10,16H,4-7H2. The highest BCUT2D eigenvalue weighted by Crippen LogP contribution is 2.27. The Kier molecular flexibility index (Phi) is 3.10. The van der Waals surface area contributed by atoms with Crippen molar-refractivity contribution in [2.24, 2.45) is 0 Å². The maximum absolute atomic E-state index is 12.0. The summed E-state index contributed by atoms with van der Waals surface area (Å²) in [5, 5.41) is 4.73. The number of fused-ring (bicyclic) bond motifs is 1. The molecule has 3 rings (SSSR count). The first-order valence-corrected chi connectivity index (χ1v) is 6.56. The lowest BCUT2D eigenvalue weighted by Crippen LogP contribution is -2.20. The smallest absolute Gasteiger partial charge is 0.199 e. The van der Waals surface area contributed by atoms with Crippen molar-refractivity contribution in [3.63, 3.8) is 0 Å². The number of carbonyl (C=O) groups is 1. The number of para-hydroxylation sites is 1. The summed E-state index contributed by atoms with van der Waals surface area (Å²) in [6.45, 7) is 0.717. The van der Waals surface area contributed by atoms with E-state index in [9.17, 15) is 4.79 Å². The zero-order valence-electron chi connectivity index (χ0n) is 9.91. The predicted octanol–water partition coefficient (Wildman–Crippen LogP) is 3.41. The van der Waals surface area contributed by atoms with Gasteiger partial charge in [0.05, 0.1) is 5.02 Å². The largest absolute Gasteiger partial charge is 0.451 e. The average Bonchev–Trinajstić information content (AvgIpc) is 3.06. The van der Waals surface area contributed by atoms with Crippen LogP contribution >= 0.6 is 11.6 Å². The second kappa shape index (κ2) is 4.75. The van der Waals surface area contributed by atoms with E-state index in [2.05, 4.69) is 5.32 Å². The molecule has 2 aromatic rings. The lowest BCUT2D eigenvalue weighted by Gasteiger charge is -1.99. The van der Waals surface area contributed by atoms with Gasteiger partial charge in [-0.3, -0.25) is 4.79 Å². The van der Waals surface area contributed by atoms with E-state index < -0.39 is 0 Å². The van der Waals surface area contributed by atoms with Gasteiger partial charge in [-0.05, 0) is 25.0 Å². The monoisotopic (exact) mass is 263 g/mol. The van der Waals surface area contributed by atoms with Crippen molar-refractivity contribution >= 4 is 28.4 Å². The van der Waals surface area contributed by atoms with Crippen LogP contribution in [0.2, 0.25) is 5.02 Å². The fourth-order valence-electron chi connectivity index (χ4n) is 1.97. The van der Waals surface area contributed by atoms with E-state index in [0.717, 1.165) is 5.39 Å². The molecular weight excluding hydrogens is 250 g/mol. The van der Waals surface area contributed by atoms with Crippen molar-refractivity contribution in [1.82, 2.24) is 5.32 Å². The highest BCUT2D eigenvalue weighted by molar-refractivity contribution is 6.34. The number of furan rings is 1. The maximum atomic E-state index is 12.0. The molecule has 0 bridgehead atoms. The van der Waals surface area contributed by atoms with Gasteiger partial charge in [-0.25, -0.2) is 0 Å². The average molecular weight is 264 g/mol. The number of carbonyl (C=O) groups excluding carboxylic acids is 1. The third-order valence-corrected chi connectivity index (χ3v) is 3.43. The van der Waals surface area contributed by atoms with Crippen LogP contribution in [0.4, 0.5) is 0 Å². The Morgan fingerprint density at radius 3 is 3.00 bits per heavy atom. The fourth-order valence-corrected chi connectivity index (χ4v) is 2.19. The maximum Gasteiger partial charge on any atom is 0.199 e. The number of nitrogens with one attached hydrogen (secondary N) is 1. The van der Waals surface area contributed by atoms with Crippen molar-refractivity contribution in [1.29, 1.82) is 0 Å². The Balaban J connectivity index is 1.72. The molecule has 94 valence electrons. The molecule has 0 atom stereocenters. The predicted molar refractivity (Wildman–Crippen MR) is 71.2 cm³/mol. The first kappa shape index (κ1) is 11.8. The highest BCUT2D eigenvalue weighted by Gasteiger charge is 2.21. The number of Topliss-reactive ketones (excluding diaryl/α,β-unsaturated/α-hetero) is 1. The van der Waals surface area contributed by atoms with Crippen LogP contribution in [0, 0.1) is 0 Å². The molecule has 1 aromatic heterocycles. The Labute approximate surface area is 110 Å². The second-order valence-electron chi connectivity index (χ2n) is 4.67. The number of hydrogen-bond donors (Lipinski definition) is 1. The Bertz CT molecular complexity index is 586. The van der Waals surface area contributed by atoms with Crippen LogP contribution in [0.3, 0.4) is 0 Å². The molecule has 3 nitrogen and oxygen atoms in total. The molecule has 1 fully saturated rings. The number of hydrogen-bond acceptors (Lipinski definition) is 3. The van der Waals surface area contributed by atoms with Gasteiger partial charge in [0.25, 0.3) is 0 Å². The molecule has 0 unspecified atom stereocenters. The van der Waals surface area contributed by atoms with Crippen LogP contribution in [0.25, 0.3) is 11.0 Å². The summed E-state index contributed by atoms with van der Waals surface area (Å²) in [7, 11) is 0. The first-order chi connectivity index (χ1) is 8.74. The van der Waals surface area contributed by atoms with Gasteiger partial charge in [0, 0.05) is 24.4 Å². The molecule has 1 aromatic carbocycles. The summed E-state index contributed by atoms with van der Waals surface area (Å²) in [6.07, 6.45) is 2.93. The minimum Gasteiger partial charge on any atom is -0.451 e. The summed E-state index contributed by atoms with van der Waals surface area (Å²) in [6, 6.07) is 7.90. The quantitative estimate of drug-likeness (QED) is 0.841. The molecule has 1 saturated carbocycles. The van der Waals surface area contributed by atoms with E-state index in [-0.39, 0.29) is 5.78 Å². The molecular formula is C14H14ClNO2. The van der Waals surface area contributed by atoms with Gasteiger partial charge >= 0.3 is 0 Å². The van der Waals surface area contributed by atoms with Crippen molar-refractivity contribution in [3.05, 3.63) is 35.0 Å². The van der Waals surface area contributed by atoms with Gasteiger partial charge in [0.2, 0.25) is 0 Å². The molecule has 4 heteroatoms. The Hall–Kier alpha value is -1.32. The Morgan fingerprint density at radius 1 is 1.44 bits per heavy atom. The van der Waals surface area contributed by atoms with Gasteiger partial charge in [-0.15, -0.1) is 0 Å². The van der Waals surface area contributed by atoms with Gasteiger partial charge in [-0.1, -0.05) is 23.7 Å². The zero-order chi connectivity index (χ0) is 12.5. The van der Waals surface area contributed by atoms with Crippen LogP contribution < -0.4 is 5.32 Å². The number of ketones is 1. The minimum atomic E-state index is 0.0235. The molecule has 0 spiro atoms. The van der Waals surface area contributed by atoms with Crippen molar-refractivity contribution in [2.45, 2.75) is 25.3 Å². The summed E-state index contributed by atoms with van der Waals surface area (Å²) >= 11 is 6.01. The van der Waals surface area contributed by atoms with Crippen LogP contribution in [0.5, 0.6) is 0 Å². The van der Waals surface area contributed by atoms with Crippen molar-refractivity contribution < 1.29 is 9.21 Å². The third kappa shape index (κ3) is 2.42. The van der Waals surface area contributed by atoms with Crippen LogP contribution in [0.15, 0.2) is 28.7 Å². The fraction of sp³-hybridized carbons (Fsp3) is 0.357. The lowest BCUT2D eigenvalue weighted by atomic mass is 10.2. The summed E-state index contributed by atoms with van der Waals surface area (Å²) < 4.78 is 5.52.